The molecular weight excluding hydrogens is 234 g/mol. The molecule has 0 aromatic carbocycles. The Bertz CT molecular complexity index is 385. The molecule has 3 nitrogen and oxygen atoms in total. The molecule has 1 N–H and O–H groups in total. The normalized spacial score (nSPS) is 11.8. The smallest absolute Gasteiger partial charge is 0.105 e. The van der Waals surface area contributed by atoms with Crippen LogP contribution in [-0.4, -0.2) is 15.1 Å². The molecule has 1 rings (SSSR count). The Morgan fingerprint density at radius 2 is 2.05 bits per heavy atom. The molecule has 108 valence electrons. The van der Waals surface area contributed by atoms with Crippen molar-refractivity contribution in [2.45, 2.75) is 72.0 Å². The quantitative estimate of drug-likeness (QED) is 0.570. The fourth-order valence-electron chi connectivity index (χ4n) is 2.05. The van der Waals surface area contributed by atoms with E-state index in [1.54, 1.807) is 0 Å². The van der Waals surface area contributed by atoms with Crippen LogP contribution in [0.3, 0.4) is 0 Å². The van der Waals surface area contributed by atoms with Crippen LogP contribution in [0.4, 0.5) is 0 Å². The zero-order chi connectivity index (χ0) is 14.3. The fourth-order valence-corrected chi connectivity index (χ4v) is 2.05. The van der Waals surface area contributed by atoms with E-state index >= 15 is 0 Å². The first-order valence-corrected chi connectivity index (χ1v) is 7.31. The van der Waals surface area contributed by atoms with Crippen LogP contribution in [0.15, 0.2) is 18.9 Å². The van der Waals surface area contributed by atoms with Crippen molar-refractivity contribution in [2.24, 2.45) is 0 Å². The standard InChI is InChI=1S/C16H29N3/c1-6-7-8-9-10-11-19-14(2)17-12-15(19)13-18-16(3,4)5/h6,12,18H,1,7-11,13H2,2-5H3. The molecule has 0 atom stereocenters. The van der Waals surface area contributed by atoms with Crippen molar-refractivity contribution >= 4 is 0 Å². The minimum atomic E-state index is 0.146. The average Bonchev–Trinajstić information content (AvgIpc) is 2.67. The minimum absolute atomic E-state index is 0.146. The summed E-state index contributed by atoms with van der Waals surface area (Å²) in [6.45, 7) is 14.4. The highest BCUT2D eigenvalue weighted by Gasteiger charge is 2.11. The molecule has 3 heteroatoms. The van der Waals surface area contributed by atoms with E-state index in [4.69, 9.17) is 0 Å². The highest BCUT2D eigenvalue weighted by atomic mass is 15.1. The first-order chi connectivity index (χ1) is 8.94. The van der Waals surface area contributed by atoms with Crippen LogP contribution in [-0.2, 0) is 13.1 Å². The van der Waals surface area contributed by atoms with Crippen LogP contribution >= 0.6 is 0 Å². The van der Waals surface area contributed by atoms with E-state index in [-0.39, 0.29) is 5.54 Å². The molecular formula is C16H29N3. The number of unbranched alkanes of at least 4 members (excludes halogenated alkanes) is 3. The summed E-state index contributed by atoms with van der Waals surface area (Å²) in [6, 6.07) is 0. The maximum absolute atomic E-state index is 4.44. The summed E-state index contributed by atoms with van der Waals surface area (Å²) in [5, 5.41) is 3.53. The van der Waals surface area contributed by atoms with Crippen LogP contribution in [0.5, 0.6) is 0 Å². The van der Waals surface area contributed by atoms with Crippen molar-refractivity contribution in [1.29, 1.82) is 0 Å². The molecule has 19 heavy (non-hydrogen) atoms. The summed E-state index contributed by atoms with van der Waals surface area (Å²) < 4.78 is 2.34. The van der Waals surface area contributed by atoms with Gasteiger partial charge in [0.15, 0.2) is 0 Å². The lowest BCUT2D eigenvalue weighted by Gasteiger charge is -2.21. The molecule has 0 aliphatic heterocycles. The molecule has 0 aliphatic carbocycles. The molecule has 0 amide bonds. The van der Waals surface area contributed by atoms with Gasteiger partial charge in [0.05, 0.1) is 5.69 Å². The Kier molecular flexibility index (Phi) is 6.29. The number of hydrogen-bond acceptors (Lipinski definition) is 2. The van der Waals surface area contributed by atoms with Gasteiger partial charge in [-0.05, 0) is 47.0 Å². The van der Waals surface area contributed by atoms with Gasteiger partial charge in [0, 0.05) is 24.8 Å². The molecule has 0 saturated heterocycles. The van der Waals surface area contributed by atoms with Crippen molar-refractivity contribution in [2.75, 3.05) is 0 Å². The van der Waals surface area contributed by atoms with Gasteiger partial charge in [-0.2, -0.15) is 0 Å². The first kappa shape index (κ1) is 16.0. The lowest BCUT2D eigenvalue weighted by molar-refractivity contribution is 0.413. The van der Waals surface area contributed by atoms with Gasteiger partial charge in [-0.3, -0.25) is 0 Å². The number of nitrogens with zero attached hydrogens (tertiary/aromatic N) is 2. The first-order valence-electron chi connectivity index (χ1n) is 7.31. The van der Waals surface area contributed by atoms with E-state index in [1.165, 1.54) is 25.0 Å². The molecule has 0 aliphatic rings. The van der Waals surface area contributed by atoms with Crippen LogP contribution in [0.25, 0.3) is 0 Å². The molecule has 1 heterocycles. The number of aryl methyl sites for hydroxylation is 1. The van der Waals surface area contributed by atoms with Gasteiger partial charge in [0.25, 0.3) is 0 Å². The Hall–Kier alpha value is -1.09. The third kappa shape index (κ3) is 6.06. The minimum Gasteiger partial charge on any atom is -0.331 e. The van der Waals surface area contributed by atoms with Gasteiger partial charge in [0.2, 0.25) is 0 Å². The molecule has 1 aromatic heterocycles. The van der Waals surface area contributed by atoms with Gasteiger partial charge in [-0.25, -0.2) is 4.98 Å². The summed E-state index contributed by atoms with van der Waals surface area (Å²) in [5.74, 6) is 1.12. The van der Waals surface area contributed by atoms with Gasteiger partial charge < -0.3 is 9.88 Å². The van der Waals surface area contributed by atoms with Crippen LogP contribution in [0, 0.1) is 6.92 Å². The average molecular weight is 263 g/mol. The summed E-state index contributed by atoms with van der Waals surface area (Å²) >= 11 is 0. The van der Waals surface area contributed by atoms with E-state index in [9.17, 15) is 0 Å². The monoisotopic (exact) mass is 263 g/mol. The van der Waals surface area contributed by atoms with Crippen molar-refractivity contribution in [1.82, 2.24) is 14.9 Å². The SMILES string of the molecule is C=CCCCCCn1c(CNC(C)(C)C)cnc1C. The number of rotatable bonds is 8. The maximum atomic E-state index is 4.44. The van der Waals surface area contributed by atoms with Gasteiger partial charge in [0.1, 0.15) is 5.82 Å². The van der Waals surface area contributed by atoms with Crippen molar-refractivity contribution in [3.63, 3.8) is 0 Å². The topological polar surface area (TPSA) is 29.9 Å². The predicted octanol–water partition coefficient (Wildman–Crippen LogP) is 3.83. The molecule has 0 saturated carbocycles. The molecule has 0 radical (unpaired) electrons. The third-order valence-corrected chi connectivity index (χ3v) is 3.23. The molecule has 0 bridgehead atoms. The lowest BCUT2D eigenvalue weighted by Crippen LogP contribution is -2.35. The molecule has 1 aromatic rings. The number of nitrogens with one attached hydrogen (secondary N) is 1. The van der Waals surface area contributed by atoms with Crippen molar-refractivity contribution in [3.8, 4) is 0 Å². The van der Waals surface area contributed by atoms with E-state index in [0.717, 1.165) is 25.3 Å². The third-order valence-electron chi connectivity index (χ3n) is 3.23. The molecule has 0 unspecified atom stereocenters. The maximum Gasteiger partial charge on any atom is 0.105 e. The van der Waals surface area contributed by atoms with Crippen molar-refractivity contribution < 1.29 is 0 Å². The van der Waals surface area contributed by atoms with Gasteiger partial charge in [-0.1, -0.05) is 12.5 Å². The lowest BCUT2D eigenvalue weighted by atomic mass is 10.1. The van der Waals surface area contributed by atoms with Crippen LogP contribution in [0.2, 0.25) is 0 Å². The van der Waals surface area contributed by atoms with E-state index in [0.29, 0.717) is 0 Å². The zero-order valence-corrected chi connectivity index (χ0v) is 13.0. The van der Waals surface area contributed by atoms with E-state index in [2.05, 4.69) is 49.1 Å². The van der Waals surface area contributed by atoms with E-state index in [1.807, 2.05) is 12.3 Å². The number of aromatic nitrogens is 2. The molecule has 0 fully saturated rings. The number of hydrogen-bond donors (Lipinski definition) is 1. The van der Waals surface area contributed by atoms with E-state index < -0.39 is 0 Å². The summed E-state index contributed by atoms with van der Waals surface area (Å²) in [7, 11) is 0. The molecule has 0 spiro atoms. The van der Waals surface area contributed by atoms with Gasteiger partial charge >= 0.3 is 0 Å². The summed E-state index contributed by atoms with van der Waals surface area (Å²) in [6.07, 6.45) is 8.84. The second-order valence-corrected chi connectivity index (χ2v) is 6.19. The second kappa shape index (κ2) is 7.49. The van der Waals surface area contributed by atoms with Crippen molar-refractivity contribution in [3.05, 3.63) is 30.4 Å². The Morgan fingerprint density at radius 1 is 1.32 bits per heavy atom. The highest BCUT2D eigenvalue weighted by Crippen LogP contribution is 2.10. The number of allylic oxidation sites excluding steroid dienone is 1. The van der Waals surface area contributed by atoms with Gasteiger partial charge in [-0.15, -0.1) is 6.58 Å². The van der Waals surface area contributed by atoms with Crippen LogP contribution in [0.1, 0.15) is 58.0 Å². The summed E-state index contributed by atoms with van der Waals surface area (Å²) in [4.78, 5) is 4.44. The Morgan fingerprint density at radius 3 is 2.68 bits per heavy atom. The second-order valence-electron chi connectivity index (χ2n) is 6.19. The predicted molar refractivity (Wildman–Crippen MR) is 82.2 cm³/mol. The largest absolute Gasteiger partial charge is 0.331 e. The Balaban J connectivity index is 2.47. The van der Waals surface area contributed by atoms with Crippen LogP contribution < -0.4 is 5.32 Å². The Labute approximate surface area is 118 Å². The summed E-state index contributed by atoms with van der Waals surface area (Å²) in [5.41, 5.74) is 1.43. The highest BCUT2D eigenvalue weighted by molar-refractivity contribution is 5.04. The number of imidazole rings is 1. The fraction of sp³-hybridized carbons (Fsp3) is 0.688. The zero-order valence-electron chi connectivity index (χ0n) is 13.0.